The van der Waals surface area contributed by atoms with E-state index in [-0.39, 0.29) is 23.5 Å². The molecule has 1 N–H and O–H groups in total. The summed E-state index contributed by atoms with van der Waals surface area (Å²) in [4.78, 5) is 26.1. The van der Waals surface area contributed by atoms with Crippen molar-refractivity contribution in [2.75, 3.05) is 4.90 Å². The van der Waals surface area contributed by atoms with Crippen LogP contribution in [0.2, 0.25) is 0 Å². The second-order valence-electron chi connectivity index (χ2n) is 5.55. The number of benzene rings is 1. The summed E-state index contributed by atoms with van der Waals surface area (Å²) < 4.78 is 13.2. The molecular formula is C15H19FN2O2. The number of anilines is 1. The lowest BCUT2D eigenvalue weighted by Gasteiger charge is -2.39. The van der Waals surface area contributed by atoms with E-state index in [9.17, 15) is 14.0 Å². The number of carbonyl (C=O) groups excluding carboxylic acids is 2. The van der Waals surface area contributed by atoms with Gasteiger partial charge in [-0.05, 0) is 43.5 Å². The third-order valence-corrected chi connectivity index (χ3v) is 3.65. The maximum absolute atomic E-state index is 13.2. The zero-order chi connectivity index (χ0) is 15.0. The molecule has 1 heterocycles. The molecule has 2 rings (SSSR count). The number of aryl methyl sites for hydroxylation is 1. The molecular weight excluding hydrogens is 259 g/mol. The molecule has 1 aliphatic rings. The van der Waals surface area contributed by atoms with Crippen LogP contribution in [-0.2, 0) is 9.59 Å². The highest BCUT2D eigenvalue weighted by Gasteiger charge is 2.40. The van der Waals surface area contributed by atoms with Crippen LogP contribution in [0.5, 0.6) is 0 Å². The Morgan fingerprint density at radius 3 is 2.50 bits per heavy atom. The summed E-state index contributed by atoms with van der Waals surface area (Å²) >= 11 is 0. The fraction of sp³-hybridized carbons (Fsp3) is 0.467. The van der Waals surface area contributed by atoms with Crippen LogP contribution in [0.4, 0.5) is 10.1 Å². The average Bonchev–Trinajstić information content (AvgIpc) is 2.36. The highest BCUT2D eigenvalue weighted by Crippen LogP contribution is 2.27. The molecule has 1 aromatic rings. The summed E-state index contributed by atoms with van der Waals surface area (Å²) in [5.74, 6) is -0.690. The van der Waals surface area contributed by atoms with Gasteiger partial charge in [0.05, 0.1) is 0 Å². The van der Waals surface area contributed by atoms with Gasteiger partial charge in [-0.3, -0.25) is 14.5 Å². The third kappa shape index (κ3) is 2.40. The van der Waals surface area contributed by atoms with Gasteiger partial charge in [0.2, 0.25) is 5.91 Å². The average molecular weight is 278 g/mol. The fourth-order valence-electron chi connectivity index (χ4n) is 2.46. The van der Waals surface area contributed by atoms with Crippen LogP contribution >= 0.6 is 0 Å². The zero-order valence-corrected chi connectivity index (χ0v) is 12.1. The zero-order valence-electron chi connectivity index (χ0n) is 12.1. The van der Waals surface area contributed by atoms with Crippen LogP contribution in [0.3, 0.4) is 0 Å². The minimum atomic E-state index is -0.596. The summed E-state index contributed by atoms with van der Waals surface area (Å²) in [6.45, 7) is 7.17. The smallest absolute Gasteiger partial charge is 0.250 e. The molecule has 2 amide bonds. The molecule has 2 atom stereocenters. The number of nitrogens with one attached hydrogen (secondary N) is 1. The van der Waals surface area contributed by atoms with Gasteiger partial charge in [-0.25, -0.2) is 4.39 Å². The molecule has 1 saturated heterocycles. The van der Waals surface area contributed by atoms with Crippen molar-refractivity contribution in [2.24, 2.45) is 5.92 Å². The Labute approximate surface area is 118 Å². The van der Waals surface area contributed by atoms with Crippen molar-refractivity contribution in [2.45, 2.75) is 39.8 Å². The number of amides is 2. The Morgan fingerprint density at radius 2 is 1.95 bits per heavy atom. The lowest BCUT2D eigenvalue weighted by Crippen LogP contribution is -2.64. The minimum Gasteiger partial charge on any atom is -0.342 e. The van der Waals surface area contributed by atoms with Crippen LogP contribution in [0.25, 0.3) is 0 Å². The van der Waals surface area contributed by atoms with Crippen LogP contribution in [0.15, 0.2) is 18.2 Å². The number of carbonyl (C=O) groups is 2. The summed E-state index contributed by atoms with van der Waals surface area (Å²) in [7, 11) is 0. The van der Waals surface area contributed by atoms with Crippen molar-refractivity contribution in [3.05, 3.63) is 29.6 Å². The van der Waals surface area contributed by atoms with Crippen LogP contribution in [0, 0.1) is 18.7 Å². The van der Waals surface area contributed by atoms with E-state index in [0.29, 0.717) is 11.3 Å². The Balaban J connectivity index is 2.46. The van der Waals surface area contributed by atoms with Gasteiger partial charge in [-0.1, -0.05) is 13.8 Å². The SMILES string of the molecule is Cc1cc(F)ccc1N1C(=O)C(C(C)C)NC(=O)C1C. The molecule has 108 valence electrons. The maximum atomic E-state index is 13.2. The molecule has 4 nitrogen and oxygen atoms in total. The molecule has 1 fully saturated rings. The van der Waals surface area contributed by atoms with Crippen molar-refractivity contribution in [3.63, 3.8) is 0 Å². The second kappa shape index (κ2) is 5.23. The number of rotatable bonds is 2. The van der Waals surface area contributed by atoms with Gasteiger partial charge in [-0.2, -0.15) is 0 Å². The predicted octanol–water partition coefficient (Wildman–Crippen LogP) is 2.01. The molecule has 1 aromatic carbocycles. The monoisotopic (exact) mass is 278 g/mol. The van der Waals surface area contributed by atoms with E-state index in [4.69, 9.17) is 0 Å². The van der Waals surface area contributed by atoms with E-state index < -0.39 is 12.1 Å². The van der Waals surface area contributed by atoms with Crippen molar-refractivity contribution >= 4 is 17.5 Å². The number of hydrogen-bond acceptors (Lipinski definition) is 2. The van der Waals surface area contributed by atoms with Gasteiger partial charge in [0.25, 0.3) is 5.91 Å². The highest BCUT2D eigenvalue weighted by atomic mass is 19.1. The van der Waals surface area contributed by atoms with Crippen LogP contribution in [0.1, 0.15) is 26.3 Å². The number of piperazine rings is 1. The van der Waals surface area contributed by atoms with Crippen molar-refractivity contribution < 1.29 is 14.0 Å². The van der Waals surface area contributed by atoms with E-state index >= 15 is 0 Å². The van der Waals surface area contributed by atoms with E-state index in [0.717, 1.165) is 0 Å². The molecule has 20 heavy (non-hydrogen) atoms. The van der Waals surface area contributed by atoms with Crippen molar-refractivity contribution in [1.29, 1.82) is 0 Å². The van der Waals surface area contributed by atoms with Crippen LogP contribution in [-0.4, -0.2) is 23.9 Å². The molecule has 2 unspecified atom stereocenters. The van der Waals surface area contributed by atoms with Gasteiger partial charge in [0.15, 0.2) is 0 Å². The Morgan fingerprint density at radius 1 is 1.30 bits per heavy atom. The second-order valence-corrected chi connectivity index (χ2v) is 5.55. The Bertz CT molecular complexity index is 557. The van der Waals surface area contributed by atoms with Crippen LogP contribution < -0.4 is 10.2 Å². The van der Waals surface area contributed by atoms with E-state index in [1.54, 1.807) is 19.9 Å². The largest absolute Gasteiger partial charge is 0.342 e. The Hall–Kier alpha value is -1.91. The first-order valence-corrected chi connectivity index (χ1v) is 6.72. The topological polar surface area (TPSA) is 49.4 Å². The first-order chi connectivity index (χ1) is 9.32. The molecule has 0 bridgehead atoms. The van der Waals surface area contributed by atoms with E-state index in [1.807, 2.05) is 13.8 Å². The minimum absolute atomic E-state index is 0.00204. The lowest BCUT2D eigenvalue weighted by molar-refractivity contribution is -0.134. The number of halogens is 1. The van der Waals surface area contributed by atoms with Gasteiger partial charge >= 0.3 is 0 Å². The predicted molar refractivity (Wildman–Crippen MR) is 74.9 cm³/mol. The third-order valence-electron chi connectivity index (χ3n) is 3.65. The molecule has 0 spiro atoms. The Kier molecular flexibility index (Phi) is 3.79. The molecule has 1 aliphatic heterocycles. The number of nitrogens with zero attached hydrogens (tertiary/aromatic N) is 1. The normalized spacial score (nSPS) is 23.2. The molecule has 5 heteroatoms. The fourth-order valence-corrected chi connectivity index (χ4v) is 2.46. The van der Waals surface area contributed by atoms with E-state index in [2.05, 4.69) is 5.32 Å². The van der Waals surface area contributed by atoms with Crippen molar-refractivity contribution in [1.82, 2.24) is 5.32 Å². The maximum Gasteiger partial charge on any atom is 0.250 e. The van der Waals surface area contributed by atoms with Gasteiger partial charge < -0.3 is 5.32 Å². The summed E-state index contributed by atoms with van der Waals surface area (Å²) in [6, 6.07) is 3.09. The molecule has 0 aromatic heterocycles. The standard InChI is InChI=1S/C15H19FN2O2/c1-8(2)13-15(20)18(10(4)14(19)17-13)12-6-5-11(16)7-9(12)3/h5-8,10,13H,1-4H3,(H,17,19). The number of hydrogen-bond donors (Lipinski definition) is 1. The first-order valence-electron chi connectivity index (χ1n) is 6.72. The molecule has 0 aliphatic carbocycles. The first kappa shape index (κ1) is 14.5. The molecule has 0 radical (unpaired) electrons. The summed E-state index contributed by atoms with van der Waals surface area (Å²) in [5, 5.41) is 2.74. The summed E-state index contributed by atoms with van der Waals surface area (Å²) in [6.07, 6.45) is 0. The van der Waals surface area contributed by atoms with Gasteiger partial charge in [-0.15, -0.1) is 0 Å². The molecule has 0 saturated carbocycles. The lowest BCUT2D eigenvalue weighted by atomic mass is 9.97. The van der Waals surface area contributed by atoms with Crippen molar-refractivity contribution in [3.8, 4) is 0 Å². The van der Waals surface area contributed by atoms with E-state index in [1.165, 1.54) is 17.0 Å². The van der Waals surface area contributed by atoms with Gasteiger partial charge in [0, 0.05) is 5.69 Å². The van der Waals surface area contributed by atoms with Gasteiger partial charge in [0.1, 0.15) is 17.9 Å². The highest BCUT2D eigenvalue weighted by molar-refractivity contribution is 6.08. The quantitative estimate of drug-likeness (QED) is 0.899. The summed E-state index contributed by atoms with van der Waals surface area (Å²) in [5.41, 5.74) is 1.23.